The van der Waals surface area contributed by atoms with Crippen molar-refractivity contribution in [2.24, 2.45) is 0 Å². The number of esters is 1. The summed E-state index contributed by atoms with van der Waals surface area (Å²) in [5.41, 5.74) is 2.32. The van der Waals surface area contributed by atoms with Gasteiger partial charge in [-0.15, -0.1) is 11.8 Å². The Labute approximate surface area is 152 Å². The van der Waals surface area contributed by atoms with E-state index < -0.39 is 24.5 Å². The molecular formula is C18H24N2O4S. The maximum Gasteiger partial charge on any atom is 0.321 e. The minimum atomic E-state index is -0.618. The molecule has 2 rings (SSSR count). The monoisotopic (exact) mass is 364 g/mol. The number of imide groups is 1. The molecule has 3 amide bonds. The highest BCUT2D eigenvalue weighted by molar-refractivity contribution is 7.99. The fourth-order valence-electron chi connectivity index (χ4n) is 2.58. The van der Waals surface area contributed by atoms with E-state index in [9.17, 15) is 14.4 Å². The molecule has 0 aliphatic heterocycles. The van der Waals surface area contributed by atoms with E-state index in [4.69, 9.17) is 4.74 Å². The first-order valence-electron chi connectivity index (χ1n) is 8.42. The van der Waals surface area contributed by atoms with Gasteiger partial charge in [0.05, 0.1) is 5.75 Å². The number of carbonyl (C=O) groups is 3. The number of carbonyl (C=O) groups excluding carboxylic acids is 3. The largest absolute Gasteiger partial charge is 0.455 e. The van der Waals surface area contributed by atoms with Crippen molar-refractivity contribution in [2.75, 3.05) is 12.4 Å². The van der Waals surface area contributed by atoms with Crippen LogP contribution in [-0.2, 0) is 20.1 Å². The second-order valence-corrected chi connectivity index (χ2v) is 7.13. The highest BCUT2D eigenvalue weighted by Crippen LogP contribution is 2.17. The van der Waals surface area contributed by atoms with Crippen molar-refractivity contribution >= 4 is 29.7 Å². The summed E-state index contributed by atoms with van der Waals surface area (Å²) in [6.45, 7) is 1.58. The van der Waals surface area contributed by atoms with Crippen LogP contribution >= 0.6 is 11.8 Å². The zero-order valence-corrected chi connectivity index (χ0v) is 15.2. The molecule has 1 saturated carbocycles. The fraction of sp³-hybridized carbons (Fsp3) is 0.500. The van der Waals surface area contributed by atoms with Gasteiger partial charge in [0.1, 0.15) is 0 Å². The predicted molar refractivity (Wildman–Crippen MR) is 97.2 cm³/mol. The second-order valence-electron chi connectivity index (χ2n) is 6.14. The number of benzene rings is 1. The molecule has 1 aliphatic rings. The quantitative estimate of drug-likeness (QED) is 0.727. The summed E-state index contributed by atoms with van der Waals surface area (Å²) in [5, 5.41) is 4.91. The summed E-state index contributed by atoms with van der Waals surface area (Å²) in [6.07, 6.45) is 4.07. The molecule has 0 spiro atoms. The molecule has 0 aromatic heterocycles. The molecule has 7 heteroatoms. The lowest BCUT2D eigenvalue weighted by atomic mass is 10.2. The smallest absolute Gasteiger partial charge is 0.321 e. The highest BCUT2D eigenvalue weighted by Gasteiger charge is 2.18. The van der Waals surface area contributed by atoms with Gasteiger partial charge in [-0.1, -0.05) is 42.7 Å². The minimum Gasteiger partial charge on any atom is -0.455 e. The maximum atomic E-state index is 11.6. The Hall–Kier alpha value is -2.02. The standard InChI is InChI=1S/C18H24N2O4S/c1-13-6-8-14(9-7-13)11-25-12-17(22)24-10-16(21)20-18(23)19-15-4-2-3-5-15/h6-9,15H,2-5,10-12H2,1H3,(H2,19,20,21,23). The van der Waals surface area contributed by atoms with Crippen molar-refractivity contribution in [3.8, 4) is 0 Å². The van der Waals surface area contributed by atoms with Crippen molar-refractivity contribution in [2.45, 2.75) is 44.4 Å². The third kappa shape index (κ3) is 7.60. The van der Waals surface area contributed by atoms with E-state index >= 15 is 0 Å². The van der Waals surface area contributed by atoms with Crippen LogP contribution in [0, 0.1) is 6.92 Å². The molecule has 0 radical (unpaired) electrons. The number of ether oxygens (including phenoxy) is 1. The van der Waals surface area contributed by atoms with Gasteiger partial charge in [-0.2, -0.15) is 0 Å². The van der Waals surface area contributed by atoms with Gasteiger partial charge < -0.3 is 10.1 Å². The van der Waals surface area contributed by atoms with E-state index in [-0.39, 0.29) is 11.8 Å². The van der Waals surface area contributed by atoms with E-state index in [0.29, 0.717) is 5.75 Å². The number of thioether (sulfide) groups is 1. The molecule has 136 valence electrons. The lowest BCUT2D eigenvalue weighted by Crippen LogP contribution is -2.45. The van der Waals surface area contributed by atoms with Gasteiger partial charge in [-0.25, -0.2) is 4.79 Å². The Morgan fingerprint density at radius 3 is 2.52 bits per heavy atom. The van der Waals surface area contributed by atoms with Crippen LogP contribution in [0.25, 0.3) is 0 Å². The average molecular weight is 364 g/mol. The maximum absolute atomic E-state index is 11.6. The molecule has 0 unspecified atom stereocenters. The Balaban J connectivity index is 1.56. The molecule has 0 bridgehead atoms. The first-order chi connectivity index (χ1) is 12.0. The van der Waals surface area contributed by atoms with Crippen LogP contribution < -0.4 is 10.6 Å². The SMILES string of the molecule is Cc1ccc(CSCC(=O)OCC(=O)NC(=O)NC2CCCC2)cc1. The molecule has 2 N–H and O–H groups in total. The van der Waals surface area contributed by atoms with Gasteiger partial charge in [0.2, 0.25) is 0 Å². The Morgan fingerprint density at radius 2 is 1.84 bits per heavy atom. The zero-order valence-electron chi connectivity index (χ0n) is 14.4. The van der Waals surface area contributed by atoms with Gasteiger partial charge >= 0.3 is 12.0 Å². The van der Waals surface area contributed by atoms with Gasteiger partial charge in [-0.05, 0) is 25.3 Å². The molecular weight excluding hydrogens is 340 g/mol. The van der Waals surface area contributed by atoms with Crippen LogP contribution in [0.4, 0.5) is 4.79 Å². The van der Waals surface area contributed by atoms with Gasteiger partial charge in [0.25, 0.3) is 5.91 Å². The number of rotatable bonds is 7. The molecule has 1 aromatic rings. The lowest BCUT2D eigenvalue weighted by Gasteiger charge is -2.12. The molecule has 0 atom stereocenters. The third-order valence-electron chi connectivity index (χ3n) is 3.92. The summed E-state index contributed by atoms with van der Waals surface area (Å²) in [5.74, 6) is -0.225. The fourth-order valence-corrected chi connectivity index (χ4v) is 3.36. The number of urea groups is 1. The highest BCUT2D eigenvalue weighted by atomic mass is 32.2. The molecule has 1 aliphatic carbocycles. The topological polar surface area (TPSA) is 84.5 Å². The van der Waals surface area contributed by atoms with E-state index in [1.807, 2.05) is 31.2 Å². The number of amides is 3. The summed E-state index contributed by atoms with van der Waals surface area (Å²) >= 11 is 1.42. The van der Waals surface area contributed by atoms with Crippen LogP contribution in [0.15, 0.2) is 24.3 Å². The van der Waals surface area contributed by atoms with Crippen molar-refractivity contribution in [1.29, 1.82) is 0 Å². The average Bonchev–Trinajstić information content (AvgIpc) is 3.07. The van der Waals surface area contributed by atoms with E-state index in [2.05, 4.69) is 10.6 Å². The van der Waals surface area contributed by atoms with Gasteiger partial charge in [0, 0.05) is 11.8 Å². The lowest BCUT2D eigenvalue weighted by molar-refractivity contribution is -0.145. The van der Waals surface area contributed by atoms with E-state index in [0.717, 1.165) is 31.2 Å². The van der Waals surface area contributed by atoms with Crippen LogP contribution in [0.3, 0.4) is 0 Å². The summed E-state index contributed by atoms with van der Waals surface area (Å²) in [6, 6.07) is 7.69. The van der Waals surface area contributed by atoms with Crippen LogP contribution in [0.5, 0.6) is 0 Å². The Bertz CT molecular complexity index is 598. The molecule has 1 fully saturated rings. The van der Waals surface area contributed by atoms with E-state index in [1.165, 1.54) is 17.3 Å². The molecule has 0 saturated heterocycles. The van der Waals surface area contributed by atoms with Crippen LogP contribution in [-0.4, -0.2) is 36.3 Å². The van der Waals surface area contributed by atoms with Crippen LogP contribution in [0.1, 0.15) is 36.8 Å². The van der Waals surface area contributed by atoms with E-state index in [1.54, 1.807) is 0 Å². The Morgan fingerprint density at radius 1 is 1.16 bits per heavy atom. The van der Waals surface area contributed by atoms with Crippen molar-refractivity contribution in [3.63, 3.8) is 0 Å². The third-order valence-corrected chi connectivity index (χ3v) is 4.89. The molecule has 6 nitrogen and oxygen atoms in total. The number of aryl methyl sites for hydroxylation is 1. The van der Waals surface area contributed by atoms with Gasteiger partial charge in [-0.3, -0.25) is 14.9 Å². The van der Waals surface area contributed by atoms with Crippen molar-refractivity contribution < 1.29 is 19.1 Å². The second kappa shape index (κ2) is 10.1. The predicted octanol–water partition coefficient (Wildman–Crippen LogP) is 2.54. The summed E-state index contributed by atoms with van der Waals surface area (Å²) in [7, 11) is 0. The molecule has 1 aromatic carbocycles. The molecule has 25 heavy (non-hydrogen) atoms. The summed E-state index contributed by atoms with van der Waals surface area (Å²) < 4.78 is 4.88. The number of hydrogen-bond acceptors (Lipinski definition) is 5. The molecule has 0 heterocycles. The Kier molecular flexibility index (Phi) is 7.78. The summed E-state index contributed by atoms with van der Waals surface area (Å²) in [4.78, 5) is 34.9. The van der Waals surface area contributed by atoms with Gasteiger partial charge in [0.15, 0.2) is 6.61 Å². The van der Waals surface area contributed by atoms with Crippen molar-refractivity contribution in [3.05, 3.63) is 35.4 Å². The first-order valence-corrected chi connectivity index (χ1v) is 9.57. The zero-order chi connectivity index (χ0) is 18.1. The normalized spacial score (nSPS) is 14.1. The van der Waals surface area contributed by atoms with Crippen LogP contribution in [0.2, 0.25) is 0 Å². The number of hydrogen-bond donors (Lipinski definition) is 2. The first kappa shape index (κ1) is 19.3. The number of nitrogens with one attached hydrogen (secondary N) is 2. The van der Waals surface area contributed by atoms with Crippen molar-refractivity contribution in [1.82, 2.24) is 10.6 Å². The minimum absolute atomic E-state index is 0.133.